The van der Waals surface area contributed by atoms with Gasteiger partial charge >= 0.3 is 13.8 Å². The third-order valence-electron chi connectivity index (χ3n) is 8.77. The third-order valence-corrected chi connectivity index (χ3v) is 9.72. The predicted molar refractivity (Wildman–Crippen MR) is 242 cm³/mol. The monoisotopic (exact) mass is 833 g/mol. The van der Waals surface area contributed by atoms with E-state index in [0.717, 1.165) is 83.5 Å². The fraction of sp³-hybridized carbons (Fsp3) is 0.646. The Morgan fingerprint density at radius 2 is 0.983 bits per heavy atom. The lowest BCUT2D eigenvalue weighted by Crippen LogP contribution is -2.29. The molecule has 0 aliphatic carbocycles. The number of phosphoric ester groups is 1. The molecule has 0 aliphatic rings. The first-order valence-corrected chi connectivity index (χ1v) is 23.7. The molecule has 0 rings (SSSR count). The minimum Gasteiger partial charge on any atom is -0.457 e. The molecule has 0 aromatic rings. The molecule has 0 spiro atoms. The van der Waals surface area contributed by atoms with Crippen LogP contribution in [0.25, 0.3) is 0 Å². The lowest BCUT2D eigenvalue weighted by Gasteiger charge is -2.20. The summed E-state index contributed by atoms with van der Waals surface area (Å²) in [7, 11) is -4.55. The van der Waals surface area contributed by atoms with Gasteiger partial charge in [0, 0.05) is 6.42 Å². The molecule has 0 aromatic heterocycles. The van der Waals surface area contributed by atoms with E-state index in [1.807, 2.05) is 6.08 Å². The largest absolute Gasteiger partial charge is 0.472 e. The summed E-state index contributed by atoms with van der Waals surface area (Å²) in [6.45, 7) is 3.12. The van der Waals surface area contributed by atoms with Crippen molar-refractivity contribution in [3.05, 3.63) is 97.2 Å². The highest BCUT2D eigenvalue weighted by Gasteiger charge is 2.26. The van der Waals surface area contributed by atoms with Gasteiger partial charge in [0.05, 0.1) is 33.0 Å². The molecule has 0 aromatic carbocycles. The predicted octanol–water partition coefficient (Wildman–Crippen LogP) is 12.5. The molecule has 332 valence electrons. The minimum absolute atomic E-state index is 0.0168. The van der Waals surface area contributed by atoms with Crippen molar-refractivity contribution in [1.29, 1.82) is 0 Å². The van der Waals surface area contributed by atoms with E-state index in [1.165, 1.54) is 38.5 Å². The number of rotatable bonds is 41. The number of carbonyl (C=O) groups is 1. The van der Waals surface area contributed by atoms with Crippen molar-refractivity contribution < 1.29 is 43.0 Å². The highest BCUT2D eigenvalue weighted by molar-refractivity contribution is 7.47. The molecule has 3 atom stereocenters. The van der Waals surface area contributed by atoms with Gasteiger partial charge in [0.15, 0.2) is 0 Å². The van der Waals surface area contributed by atoms with E-state index < -0.39 is 45.8 Å². The minimum atomic E-state index is -4.55. The Kier molecular flexibility index (Phi) is 42.0. The van der Waals surface area contributed by atoms with Gasteiger partial charge in [0.25, 0.3) is 0 Å². The average molecular weight is 833 g/mol. The molecule has 0 fully saturated rings. The second-order valence-corrected chi connectivity index (χ2v) is 15.8. The highest BCUT2D eigenvalue weighted by Crippen LogP contribution is 2.43. The Morgan fingerprint density at radius 1 is 0.552 bits per heavy atom. The molecule has 0 saturated carbocycles. The van der Waals surface area contributed by atoms with E-state index >= 15 is 0 Å². The Labute approximate surface area is 353 Å². The number of phosphoric acid groups is 1. The first-order valence-electron chi connectivity index (χ1n) is 22.2. The number of ether oxygens (including phenoxy) is 2. The van der Waals surface area contributed by atoms with Crippen molar-refractivity contribution in [3.63, 3.8) is 0 Å². The maximum Gasteiger partial charge on any atom is 0.472 e. The van der Waals surface area contributed by atoms with Crippen molar-refractivity contribution in [2.75, 3.05) is 33.0 Å². The maximum atomic E-state index is 12.6. The molecule has 0 aliphatic heterocycles. The molecule has 0 amide bonds. The zero-order valence-electron chi connectivity index (χ0n) is 36.2. The fourth-order valence-electron chi connectivity index (χ4n) is 5.43. The summed E-state index contributed by atoms with van der Waals surface area (Å²) in [5.41, 5.74) is 0. The summed E-state index contributed by atoms with van der Waals surface area (Å²) in [4.78, 5) is 22.6. The van der Waals surface area contributed by atoms with Crippen molar-refractivity contribution >= 4 is 13.8 Å². The van der Waals surface area contributed by atoms with Crippen LogP contribution in [0.4, 0.5) is 0 Å². The quantitative estimate of drug-likeness (QED) is 0.0238. The zero-order chi connectivity index (χ0) is 42.5. The van der Waals surface area contributed by atoms with Gasteiger partial charge < -0.3 is 24.6 Å². The Hall–Kier alpha value is -2.62. The van der Waals surface area contributed by atoms with Crippen LogP contribution in [0.2, 0.25) is 0 Å². The number of aliphatic hydroxyl groups excluding tert-OH is 2. The number of allylic oxidation sites excluding steroid dienone is 15. The summed E-state index contributed by atoms with van der Waals surface area (Å²) in [6, 6.07) is 0. The van der Waals surface area contributed by atoms with E-state index in [2.05, 4.69) is 105 Å². The van der Waals surface area contributed by atoms with Gasteiger partial charge in [-0.3, -0.25) is 13.8 Å². The summed E-state index contributed by atoms with van der Waals surface area (Å²) in [6.07, 6.45) is 55.3. The van der Waals surface area contributed by atoms with Crippen LogP contribution in [-0.4, -0.2) is 66.3 Å². The lowest BCUT2D eigenvalue weighted by atomic mass is 10.1. The smallest absolute Gasteiger partial charge is 0.457 e. The summed E-state index contributed by atoms with van der Waals surface area (Å²) in [5, 5.41) is 18.4. The van der Waals surface area contributed by atoms with Gasteiger partial charge in [-0.25, -0.2) is 4.57 Å². The second kappa shape index (κ2) is 43.9. The van der Waals surface area contributed by atoms with Crippen molar-refractivity contribution in [1.82, 2.24) is 0 Å². The molecule has 3 unspecified atom stereocenters. The van der Waals surface area contributed by atoms with Gasteiger partial charge in [-0.1, -0.05) is 162 Å². The first kappa shape index (κ1) is 55.4. The van der Waals surface area contributed by atoms with Crippen LogP contribution in [0.3, 0.4) is 0 Å². The molecule has 0 heterocycles. The maximum absolute atomic E-state index is 12.6. The second-order valence-electron chi connectivity index (χ2n) is 14.3. The number of hydrogen-bond acceptors (Lipinski definition) is 8. The van der Waals surface area contributed by atoms with Gasteiger partial charge in [-0.2, -0.15) is 0 Å². The number of unbranched alkanes of at least 4 members (excludes halogenated alkanes) is 11. The van der Waals surface area contributed by atoms with E-state index in [0.29, 0.717) is 19.4 Å². The third kappa shape index (κ3) is 43.0. The fourth-order valence-corrected chi connectivity index (χ4v) is 6.21. The molecule has 58 heavy (non-hydrogen) atoms. The number of aliphatic hydroxyl groups is 2. The molecular weight excluding hydrogens is 751 g/mol. The van der Waals surface area contributed by atoms with Gasteiger partial charge in [0.1, 0.15) is 12.2 Å². The number of esters is 1. The summed E-state index contributed by atoms with van der Waals surface area (Å²) >= 11 is 0. The Bertz CT molecular complexity index is 1220. The zero-order valence-corrected chi connectivity index (χ0v) is 37.1. The standard InChI is InChI=1S/C48H81O9P/c1-3-5-7-9-11-13-15-17-19-21-22-23-24-25-26-28-30-32-34-36-38-40-48(51)57-47(45-56-58(52,53)55-43-46(50)42-49)44-54-41-39-37-35-33-31-29-27-20-18-16-14-12-10-8-6-4-2/h6,8,12,14-15,17-18,20-22,24-25,29,31,35,37,46-47,49-50H,3-5,7,9-11,13,16,19,23,26-28,30,32-34,36,38-45H2,1-2H3,(H,52,53)/b8-6-,14-12-,17-15-,20-18-,22-21-,25-24-,31-29-,37-35-. The van der Waals surface area contributed by atoms with Crippen molar-refractivity contribution in [2.24, 2.45) is 0 Å². The molecule has 0 radical (unpaired) electrons. The molecule has 0 saturated heterocycles. The van der Waals surface area contributed by atoms with Crippen LogP contribution in [0, 0.1) is 0 Å². The van der Waals surface area contributed by atoms with Crippen LogP contribution in [0.1, 0.15) is 155 Å². The first-order chi connectivity index (χ1) is 28.3. The molecule has 3 N–H and O–H groups in total. The highest BCUT2D eigenvalue weighted by atomic mass is 31.2. The molecular formula is C48H81O9P. The molecule has 9 nitrogen and oxygen atoms in total. The van der Waals surface area contributed by atoms with E-state index in [4.69, 9.17) is 23.6 Å². The molecule has 0 bridgehead atoms. The van der Waals surface area contributed by atoms with Gasteiger partial charge in [-0.15, -0.1) is 0 Å². The lowest BCUT2D eigenvalue weighted by molar-refractivity contribution is -0.154. The number of hydrogen-bond donors (Lipinski definition) is 3. The normalized spacial score (nSPS) is 14.9. The summed E-state index contributed by atoms with van der Waals surface area (Å²) < 4.78 is 33.2. The Balaban J connectivity index is 4.31. The van der Waals surface area contributed by atoms with E-state index in [1.54, 1.807) is 0 Å². The molecule has 10 heteroatoms. The SMILES string of the molecule is CC/C=C\C/C=C\C/C=C\C/C=C\C/C=C\CCOCC(COP(=O)(O)OCC(O)CO)OC(=O)CCCCCCCC/C=C\C/C=C\C/C=C\CCCCCCC. The van der Waals surface area contributed by atoms with E-state index in [-0.39, 0.29) is 13.0 Å². The number of carbonyl (C=O) groups excluding carboxylic acids is 1. The van der Waals surface area contributed by atoms with Crippen LogP contribution >= 0.6 is 7.82 Å². The van der Waals surface area contributed by atoms with E-state index in [9.17, 15) is 19.4 Å². The van der Waals surface area contributed by atoms with Crippen molar-refractivity contribution in [3.8, 4) is 0 Å². The average Bonchev–Trinajstić information content (AvgIpc) is 3.21. The van der Waals surface area contributed by atoms with Gasteiger partial charge in [0.2, 0.25) is 0 Å². The van der Waals surface area contributed by atoms with Crippen LogP contribution < -0.4 is 0 Å². The van der Waals surface area contributed by atoms with Crippen LogP contribution in [-0.2, 0) is 27.9 Å². The topological polar surface area (TPSA) is 132 Å². The summed E-state index contributed by atoms with van der Waals surface area (Å²) in [5.74, 6) is -0.424. The van der Waals surface area contributed by atoms with Crippen LogP contribution in [0.15, 0.2) is 97.2 Å². The van der Waals surface area contributed by atoms with Crippen molar-refractivity contribution in [2.45, 2.75) is 167 Å². The van der Waals surface area contributed by atoms with Crippen LogP contribution in [0.5, 0.6) is 0 Å². The Morgan fingerprint density at radius 3 is 1.48 bits per heavy atom. The van der Waals surface area contributed by atoms with Gasteiger partial charge in [-0.05, 0) is 83.5 Å².